The Morgan fingerprint density at radius 1 is 0.607 bits per heavy atom. The Morgan fingerprint density at radius 3 is 1.48 bits per heavy atom. The maximum Gasteiger partial charge on any atom is 0.417 e. The molecule has 0 radical (unpaired) electrons. The third-order valence-electron chi connectivity index (χ3n) is 8.17. The van der Waals surface area contributed by atoms with Crippen LogP contribution < -0.4 is 22.9 Å². The average Bonchev–Trinajstić information content (AvgIpc) is 3.07. The van der Waals surface area contributed by atoms with Gasteiger partial charge >= 0.3 is 12.4 Å². The van der Waals surface area contributed by atoms with E-state index in [9.17, 15) is 44.3 Å². The minimum atomic E-state index is -5.03. The van der Waals surface area contributed by atoms with E-state index in [1.54, 1.807) is 32.9 Å². The van der Waals surface area contributed by atoms with Crippen molar-refractivity contribution in [3.63, 3.8) is 0 Å². The summed E-state index contributed by atoms with van der Waals surface area (Å²) in [4.78, 5) is 30.6. The summed E-state index contributed by atoms with van der Waals surface area (Å²) >= 11 is 1.02. The molecule has 4 rings (SSSR count). The molecule has 300 valence electrons. The highest BCUT2D eigenvalue weighted by Gasteiger charge is 2.40. The van der Waals surface area contributed by atoms with E-state index in [4.69, 9.17) is 22.9 Å². The quantitative estimate of drug-likeness (QED) is 0.0787. The van der Waals surface area contributed by atoms with Gasteiger partial charge in [0.1, 0.15) is 0 Å². The lowest BCUT2D eigenvalue weighted by Crippen LogP contribution is -2.25. The minimum absolute atomic E-state index is 0.0348. The Morgan fingerprint density at radius 2 is 1.05 bits per heavy atom. The van der Waals surface area contributed by atoms with Gasteiger partial charge in [0.2, 0.25) is 9.84 Å². The van der Waals surface area contributed by atoms with E-state index < -0.39 is 67.5 Å². The topological polar surface area (TPSA) is 197 Å². The highest BCUT2D eigenvalue weighted by atomic mass is 32.2. The van der Waals surface area contributed by atoms with Crippen LogP contribution >= 0.6 is 11.8 Å². The number of carbonyl (C=O) groups is 2. The van der Waals surface area contributed by atoms with Crippen LogP contribution in [0.1, 0.15) is 79.1 Å². The fourth-order valence-corrected chi connectivity index (χ4v) is 8.39. The first-order valence-electron chi connectivity index (χ1n) is 16.6. The number of rotatable bonds is 8. The third kappa shape index (κ3) is 10.9. The highest BCUT2D eigenvalue weighted by Crippen LogP contribution is 2.43. The number of halogens is 6. The molecule has 4 aromatic rings. The van der Waals surface area contributed by atoms with Crippen molar-refractivity contribution in [2.75, 3.05) is 0 Å². The monoisotopic (exact) mass is 822 g/mol. The summed E-state index contributed by atoms with van der Waals surface area (Å²) in [7, 11) is -4.51. The van der Waals surface area contributed by atoms with E-state index in [0.717, 1.165) is 45.5 Å². The second-order valence-electron chi connectivity index (χ2n) is 12.5. The van der Waals surface area contributed by atoms with E-state index >= 15 is 0 Å². The summed E-state index contributed by atoms with van der Waals surface area (Å²) in [6.45, 7) is 10.3. The largest absolute Gasteiger partial charge is 0.417 e. The molecule has 0 heterocycles. The van der Waals surface area contributed by atoms with Crippen molar-refractivity contribution in [1.29, 1.82) is 0 Å². The van der Waals surface area contributed by atoms with Gasteiger partial charge < -0.3 is 22.9 Å². The number of aryl methyl sites for hydroxylation is 6. The summed E-state index contributed by atoms with van der Waals surface area (Å²) in [5, 5.41) is 0. The second-order valence-corrected chi connectivity index (χ2v) is 15.5. The molecule has 8 N–H and O–H groups in total. The number of hydrogen-bond acceptors (Lipinski definition) is 5. The summed E-state index contributed by atoms with van der Waals surface area (Å²) in [5.74, 6) is -3.08. The zero-order chi connectivity index (χ0) is 42.5. The normalized spacial score (nSPS) is 11.6. The zero-order valence-electron chi connectivity index (χ0n) is 31.1. The van der Waals surface area contributed by atoms with Gasteiger partial charge in [-0.25, -0.2) is 8.42 Å². The molecule has 0 saturated heterocycles. The van der Waals surface area contributed by atoms with E-state index in [1.165, 1.54) is 25.1 Å². The fourth-order valence-electron chi connectivity index (χ4n) is 5.58. The first-order chi connectivity index (χ1) is 25.8. The lowest BCUT2D eigenvalue weighted by Gasteiger charge is -2.18. The van der Waals surface area contributed by atoms with Gasteiger partial charge in [0.25, 0.3) is 11.8 Å². The van der Waals surface area contributed by atoms with Gasteiger partial charge in [-0.15, -0.1) is 0 Å². The van der Waals surface area contributed by atoms with Gasteiger partial charge in [0.15, 0.2) is 11.9 Å². The standard InChI is InChI=1S/C19H20F3N3O3S.C19H20F3N3OS/c1-4-12-8-16(29(27,28)15-6-5-10(2)7-11(15)3)14(19(20,21)22)9-13(12)17(26)25-18(23)24;1-4-12-8-16(27-15-6-5-10(2)7-11(15)3)14(19(20,21)22)9-13(12)17(26)25-18(23)24/h5-9H,4H2,1-3H3,(H4,23,24,25,26);5-9H,4H2,1-3H3,(H4,23,24,25,26). The fraction of sp³-hybridized carbons (Fsp3) is 0.263. The summed E-state index contributed by atoms with van der Waals surface area (Å²) in [6, 6.07) is 13.5. The molecule has 0 aliphatic heterocycles. The Kier molecular flexibility index (Phi) is 14.2. The number of aliphatic imine (C=N–C) groups is 2. The Balaban J connectivity index is 0.000000301. The second kappa shape index (κ2) is 17.6. The van der Waals surface area contributed by atoms with Crippen molar-refractivity contribution in [1.82, 2.24) is 0 Å². The van der Waals surface area contributed by atoms with E-state index in [0.29, 0.717) is 23.6 Å². The molecule has 0 bridgehead atoms. The Bertz CT molecular complexity index is 2330. The van der Waals surface area contributed by atoms with Gasteiger partial charge in [-0.05, 0) is 99.2 Å². The number of guanidine groups is 2. The number of sulfone groups is 1. The van der Waals surface area contributed by atoms with Crippen LogP contribution in [-0.2, 0) is 35.0 Å². The van der Waals surface area contributed by atoms with Crippen molar-refractivity contribution in [3.8, 4) is 0 Å². The SMILES string of the molecule is CCc1cc(S(=O)(=O)c2ccc(C)cc2C)c(C(F)(F)F)cc1C(=O)N=C(N)N.CCc1cc(Sc2ccc(C)cc2C)c(C(F)(F)F)cc1C(=O)N=C(N)N. The number of carbonyl (C=O) groups excluding carboxylic acids is 2. The predicted octanol–water partition coefficient (Wildman–Crippen LogP) is 7.58. The first-order valence-corrected chi connectivity index (χ1v) is 18.9. The van der Waals surface area contributed by atoms with Crippen LogP contribution in [0.15, 0.2) is 90.2 Å². The van der Waals surface area contributed by atoms with Crippen molar-refractivity contribution < 1.29 is 44.3 Å². The smallest absolute Gasteiger partial charge is 0.370 e. The number of hydrogen-bond donors (Lipinski definition) is 4. The lowest BCUT2D eigenvalue weighted by atomic mass is 10.0. The zero-order valence-corrected chi connectivity index (χ0v) is 32.7. The van der Waals surface area contributed by atoms with Crippen LogP contribution in [0.3, 0.4) is 0 Å². The molecular weight excluding hydrogens is 783 g/mol. The minimum Gasteiger partial charge on any atom is -0.370 e. The van der Waals surface area contributed by atoms with Crippen LogP contribution in [0, 0.1) is 27.7 Å². The van der Waals surface area contributed by atoms with Gasteiger partial charge in [-0.1, -0.05) is 61.0 Å². The molecular formula is C38H40F6N6O4S2. The number of alkyl halides is 6. The molecule has 0 aromatic heterocycles. The molecule has 0 aliphatic carbocycles. The van der Waals surface area contributed by atoms with Crippen LogP contribution in [0.5, 0.6) is 0 Å². The lowest BCUT2D eigenvalue weighted by molar-refractivity contribution is -0.140. The molecule has 2 amide bonds. The Hall–Kier alpha value is -5.36. The third-order valence-corrected chi connectivity index (χ3v) is 11.4. The van der Waals surface area contributed by atoms with Crippen molar-refractivity contribution in [2.45, 2.75) is 86.3 Å². The van der Waals surface area contributed by atoms with E-state index in [2.05, 4.69) is 9.98 Å². The van der Waals surface area contributed by atoms with Crippen molar-refractivity contribution >= 4 is 45.3 Å². The number of amides is 2. The van der Waals surface area contributed by atoms with Crippen LogP contribution in [0.2, 0.25) is 0 Å². The molecule has 0 saturated carbocycles. The number of nitrogens with zero attached hydrogens (tertiary/aromatic N) is 2. The van der Waals surface area contributed by atoms with Crippen molar-refractivity contribution in [3.05, 3.63) is 116 Å². The van der Waals surface area contributed by atoms with Crippen LogP contribution in [-0.4, -0.2) is 32.2 Å². The van der Waals surface area contributed by atoms with Crippen LogP contribution in [0.4, 0.5) is 26.3 Å². The highest BCUT2D eigenvalue weighted by molar-refractivity contribution is 7.99. The molecule has 0 spiro atoms. The number of benzene rings is 4. The predicted molar refractivity (Wildman–Crippen MR) is 203 cm³/mol. The molecule has 4 aromatic carbocycles. The first kappa shape index (κ1) is 45.0. The summed E-state index contributed by atoms with van der Waals surface area (Å²) in [5.41, 5.74) is 21.3. The van der Waals surface area contributed by atoms with Crippen LogP contribution in [0.25, 0.3) is 0 Å². The van der Waals surface area contributed by atoms with Gasteiger partial charge in [0.05, 0.1) is 20.9 Å². The van der Waals surface area contributed by atoms with Gasteiger partial charge in [-0.3, -0.25) is 9.59 Å². The maximum atomic E-state index is 13.7. The van der Waals surface area contributed by atoms with E-state index in [-0.39, 0.29) is 27.3 Å². The Labute approximate surface area is 324 Å². The van der Waals surface area contributed by atoms with Crippen molar-refractivity contribution in [2.24, 2.45) is 32.9 Å². The molecule has 10 nitrogen and oxygen atoms in total. The molecule has 0 aliphatic rings. The molecule has 18 heteroatoms. The summed E-state index contributed by atoms with van der Waals surface area (Å²) < 4.78 is 108. The molecule has 56 heavy (non-hydrogen) atoms. The molecule has 0 atom stereocenters. The summed E-state index contributed by atoms with van der Waals surface area (Å²) in [6.07, 6.45) is -9.20. The van der Waals surface area contributed by atoms with Gasteiger partial charge in [-0.2, -0.15) is 36.3 Å². The maximum absolute atomic E-state index is 13.7. The molecule has 0 fully saturated rings. The average molecular weight is 823 g/mol. The molecule has 0 unspecified atom stereocenters. The van der Waals surface area contributed by atoms with E-state index in [1.807, 2.05) is 26.0 Å². The van der Waals surface area contributed by atoms with Gasteiger partial charge in [0, 0.05) is 20.9 Å². The number of nitrogens with two attached hydrogens (primary N) is 4.